The van der Waals surface area contributed by atoms with E-state index in [9.17, 15) is 9.59 Å². The molecule has 1 amide bonds. The number of hydrogen-bond donors (Lipinski definition) is 1. The van der Waals surface area contributed by atoms with Gasteiger partial charge in [0.2, 0.25) is 0 Å². The van der Waals surface area contributed by atoms with Crippen molar-refractivity contribution in [2.75, 3.05) is 53.6 Å². The average molecular weight is 897 g/mol. The largest absolute Gasteiger partial charge is 0.463 e. The minimum Gasteiger partial charge on any atom is -0.463 e. The summed E-state index contributed by atoms with van der Waals surface area (Å²) >= 11 is 0. The predicted molar refractivity (Wildman–Crippen MR) is 272 cm³/mol. The first kappa shape index (κ1) is 59.3. The number of carbonyl (C=O) groups is 2. The Kier molecular flexibility index (Phi) is 42.2. The Bertz CT molecular complexity index is 1210. The molecule has 1 rings (SSSR count). The molecule has 0 saturated heterocycles. The van der Waals surface area contributed by atoms with Crippen LogP contribution in [0, 0.1) is 11.8 Å². The van der Waals surface area contributed by atoms with Crippen molar-refractivity contribution in [2.45, 2.75) is 219 Å². The van der Waals surface area contributed by atoms with Gasteiger partial charge in [-0.25, -0.2) is 4.79 Å². The normalized spacial score (nSPS) is 17.4. The maximum Gasteiger partial charge on any atom is 0.407 e. The minimum absolute atomic E-state index is 0.0864. The number of likely N-dealkylation sites (N-methyl/N-ethyl adjacent to an activating group) is 1. The number of carbonyl (C=O) groups excluding carboxylic acids is 2. The maximum absolute atomic E-state index is 13.3. The smallest absolute Gasteiger partial charge is 0.407 e. The highest BCUT2D eigenvalue weighted by Crippen LogP contribution is 2.39. The minimum atomic E-state index is -0.380. The lowest BCUT2D eigenvalue weighted by Gasteiger charge is -2.24. The lowest BCUT2D eigenvalue weighted by Crippen LogP contribution is -2.35. The van der Waals surface area contributed by atoms with E-state index < -0.39 is 0 Å². The SMILES string of the molecule is CC/C=C\CC1C(CC(=O)OCC(COCCCCCCCC/C=C\C/C=C\CCCCC)OCCCCCCCC/C=C\C/C=C\CCCCC)CCC1OC(=O)NCCN(C)C. The number of nitrogens with one attached hydrogen (secondary N) is 1. The molecule has 1 aliphatic rings. The van der Waals surface area contributed by atoms with Gasteiger partial charge < -0.3 is 29.2 Å². The van der Waals surface area contributed by atoms with Gasteiger partial charge >= 0.3 is 12.1 Å². The summed E-state index contributed by atoms with van der Waals surface area (Å²) in [6.45, 7) is 9.89. The molecule has 0 radical (unpaired) electrons. The molecule has 64 heavy (non-hydrogen) atoms. The molecule has 4 atom stereocenters. The zero-order chi connectivity index (χ0) is 46.4. The van der Waals surface area contributed by atoms with E-state index >= 15 is 0 Å². The van der Waals surface area contributed by atoms with Gasteiger partial charge in [0.15, 0.2) is 0 Å². The van der Waals surface area contributed by atoms with Crippen LogP contribution < -0.4 is 5.32 Å². The highest BCUT2D eigenvalue weighted by atomic mass is 16.6. The Labute approximate surface area is 394 Å². The van der Waals surface area contributed by atoms with Gasteiger partial charge in [0.25, 0.3) is 0 Å². The number of hydrogen-bond acceptors (Lipinski definition) is 7. The van der Waals surface area contributed by atoms with Gasteiger partial charge in [-0.3, -0.25) is 4.79 Å². The van der Waals surface area contributed by atoms with Crippen LogP contribution in [-0.4, -0.2) is 82.8 Å². The van der Waals surface area contributed by atoms with Crippen molar-refractivity contribution in [3.05, 3.63) is 60.8 Å². The molecular weight excluding hydrogens is 797 g/mol. The zero-order valence-electron chi connectivity index (χ0n) is 42.2. The molecule has 1 fully saturated rings. The van der Waals surface area contributed by atoms with Gasteiger partial charge in [-0.15, -0.1) is 0 Å². The quantitative estimate of drug-likeness (QED) is 0.0370. The molecule has 0 heterocycles. The average Bonchev–Trinajstić information content (AvgIpc) is 3.64. The molecule has 0 bridgehead atoms. The van der Waals surface area contributed by atoms with Gasteiger partial charge in [0, 0.05) is 38.6 Å². The number of ether oxygens (including phenoxy) is 4. The van der Waals surface area contributed by atoms with E-state index in [1.54, 1.807) is 0 Å². The van der Waals surface area contributed by atoms with Gasteiger partial charge in [-0.05, 0) is 123 Å². The molecule has 0 spiro atoms. The van der Waals surface area contributed by atoms with Crippen LogP contribution in [0.1, 0.15) is 207 Å². The summed E-state index contributed by atoms with van der Waals surface area (Å²) in [6, 6.07) is 0. The Morgan fingerprint density at radius 2 is 1.14 bits per heavy atom. The fraction of sp³-hybridized carbons (Fsp3) is 0.786. The first-order valence-corrected chi connectivity index (χ1v) is 26.6. The van der Waals surface area contributed by atoms with Crippen LogP contribution in [0.5, 0.6) is 0 Å². The highest BCUT2D eigenvalue weighted by Gasteiger charge is 2.39. The molecule has 0 aromatic carbocycles. The van der Waals surface area contributed by atoms with Crippen molar-refractivity contribution in [3.63, 3.8) is 0 Å². The number of nitrogens with zero attached hydrogens (tertiary/aromatic N) is 1. The number of alkyl carbamates (subject to hydrolysis) is 1. The summed E-state index contributed by atoms with van der Waals surface area (Å²) in [5.74, 6) is -0.0207. The summed E-state index contributed by atoms with van der Waals surface area (Å²) in [5.41, 5.74) is 0. The van der Waals surface area contributed by atoms with Gasteiger partial charge in [-0.2, -0.15) is 0 Å². The van der Waals surface area contributed by atoms with E-state index in [0.717, 1.165) is 64.3 Å². The molecular formula is C56H100N2O6. The molecule has 8 heteroatoms. The summed E-state index contributed by atoms with van der Waals surface area (Å²) in [6.07, 6.45) is 54.8. The molecule has 1 aliphatic carbocycles. The van der Waals surface area contributed by atoms with E-state index in [-0.39, 0.29) is 42.7 Å². The van der Waals surface area contributed by atoms with Gasteiger partial charge in [0.05, 0.1) is 6.61 Å². The molecule has 8 nitrogen and oxygen atoms in total. The molecule has 0 aromatic heterocycles. The summed E-state index contributed by atoms with van der Waals surface area (Å²) in [4.78, 5) is 27.9. The number of allylic oxidation sites excluding steroid dienone is 10. The summed E-state index contributed by atoms with van der Waals surface area (Å²) in [7, 11) is 3.95. The Morgan fingerprint density at radius 1 is 0.609 bits per heavy atom. The van der Waals surface area contributed by atoms with Crippen molar-refractivity contribution < 1.29 is 28.5 Å². The van der Waals surface area contributed by atoms with Crippen LogP contribution in [-0.2, 0) is 23.7 Å². The third-order valence-corrected chi connectivity index (χ3v) is 12.2. The van der Waals surface area contributed by atoms with Crippen molar-refractivity contribution in [1.29, 1.82) is 0 Å². The van der Waals surface area contributed by atoms with Crippen LogP contribution in [0.25, 0.3) is 0 Å². The topological polar surface area (TPSA) is 86.3 Å². The highest BCUT2D eigenvalue weighted by molar-refractivity contribution is 5.70. The van der Waals surface area contributed by atoms with Crippen LogP contribution in [0.2, 0.25) is 0 Å². The van der Waals surface area contributed by atoms with Gasteiger partial charge in [0.1, 0.15) is 18.8 Å². The van der Waals surface area contributed by atoms with Crippen molar-refractivity contribution in [1.82, 2.24) is 10.2 Å². The van der Waals surface area contributed by atoms with E-state index in [2.05, 4.69) is 86.8 Å². The molecule has 1 saturated carbocycles. The molecule has 1 N–H and O–H groups in total. The van der Waals surface area contributed by atoms with Crippen molar-refractivity contribution in [3.8, 4) is 0 Å². The fourth-order valence-corrected chi connectivity index (χ4v) is 8.19. The molecule has 370 valence electrons. The number of amides is 1. The second-order valence-corrected chi connectivity index (χ2v) is 18.4. The molecule has 0 aliphatic heterocycles. The number of unbranched alkanes of at least 4 members (excludes halogenated alkanes) is 18. The summed E-state index contributed by atoms with van der Waals surface area (Å²) < 4.78 is 24.2. The second-order valence-electron chi connectivity index (χ2n) is 18.4. The van der Waals surface area contributed by atoms with E-state index in [4.69, 9.17) is 18.9 Å². The molecule has 4 unspecified atom stereocenters. The Morgan fingerprint density at radius 3 is 1.69 bits per heavy atom. The fourth-order valence-electron chi connectivity index (χ4n) is 8.19. The monoisotopic (exact) mass is 897 g/mol. The standard InChI is InChI=1S/C56H100N2O6/c1-6-9-12-14-16-18-20-22-24-26-28-30-32-34-36-39-46-61-49-52(62-47-40-37-35-33-31-29-27-25-23-21-19-17-15-13-10-7-2)50-63-55(59)48-51-42-43-54(53(51)41-38-11-8-3)64-56(60)57-44-45-58(4)5/h11,16-19,22-25,38,51-54H,6-10,12-15,20-21,26-37,39-50H2,1-5H3,(H,57,60)/b18-16-,19-17-,24-22-,25-23-,38-11-. The third-order valence-electron chi connectivity index (χ3n) is 12.2. The summed E-state index contributed by atoms with van der Waals surface area (Å²) in [5, 5.41) is 2.87. The van der Waals surface area contributed by atoms with Crippen LogP contribution in [0.4, 0.5) is 4.79 Å². The zero-order valence-corrected chi connectivity index (χ0v) is 42.2. The molecule has 0 aromatic rings. The van der Waals surface area contributed by atoms with Crippen molar-refractivity contribution in [2.24, 2.45) is 11.8 Å². The predicted octanol–water partition coefficient (Wildman–Crippen LogP) is 15.0. The Hall–Kier alpha value is -2.68. The maximum atomic E-state index is 13.3. The lowest BCUT2D eigenvalue weighted by atomic mass is 9.89. The second kappa shape index (κ2) is 45.5. The van der Waals surface area contributed by atoms with Gasteiger partial charge in [-0.1, -0.05) is 159 Å². The van der Waals surface area contributed by atoms with Crippen LogP contribution in [0.15, 0.2) is 60.8 Å². The van der Waals surface area contributed by atoms with E-state index in [1.165, 1.54) is 122 Å². The third kappa shape index (κ3) is 37.5. The van der Waals surface area contributed by atoms with E-state index in [0.29, 0.717) is 32.8 Å². The number of esters is 1. The van der Waals surface area contributed by atoms with Crippen LogP contribution >= 0.6 is 0 Å². The number of rotatable bonds is 44. The first-order chi connectivity index (χ1) is 31.4. The first-order valence-electron chi connectivity index (χ1n) is 26.6. The lowest BCUT2D eigenvalue weighted by molar-refractivity contribution is -0.151. The van der Waals surface area contributed by atoms with Crippen LogP contribution in [0.3, 0.4) is 0 Å². The van der Waals surface area contributed by atoms with E-state index in [1.807, 2.05) is 19.0 Å². The van der Waals surface area contributed by atoms with Crippen molar-refractivity contribution >= 4 is 12.1 Å². The Balaban J connectivity index is 2.48.